The summed E-state index contributed by atoms with van der Waals surface area (Å²) >= 11 is 1.62. The van der Waals surface area contributed by atoms with Gasteiger partial charge in [-0.1, -0.05) is 48.5 Å². The molecule has 32 heavy (non-hydrogen) atoms. The van der Waals surface area contributed by atoms with Crippen molar-refractivity contribution in [1.29, 1.82) is 0 Å². The molecule has 3 aromatic heterocycles. The molecular weight excluding hydrogens is 420 g/mol. The first-order valence-electron chi connectivity index (χ1n) is 10.8. The number of ketones is 1. The minimum Gasteiger partial charge on any atom is -0.453 e. The molecule has 0 saturated heterocycles. The maximum atomic E-state index is 13.7. The van der Waals surface area contributed by atoms with Gasteiger partial charge < -0.3 is 4.42 Å². The number of carbonyl (C=O) groups is 1. The van der Waals surface area contributed by atoms with Gasteiger partial charge in [-0.25, -0.2) is 4.98 Å². The number of benzene rings is 2. The SMILES string of the molecule is O=C(Cn1c(-c2ccccc2)nc2sc3c(c2c1=O)CCCC3)c1cc2ccccc2o1. The number of hydrogen-bond donors (Lipinski definition) is 0. The lowest BCUT2D eigenvalue weighted by Crippen LogP contribution is -2.27. The molecule has 3 heterocycles. The minimum atomic E-state index is -0.245. The first-order valence-corrected chi connectivity index (χ1v) is 11.6. The number of furan rings is 1. The summed E-state index contributed by atoms with van der Waals surface area (Å²) in [6.45, 7) is -0.115. The molecule has 0 amide bonds. The van der Waals surface area contributed by atoms with Gasteiger partial charge in [-0.05, 0) is 43.4 Å². The van der Waals surface area contributed by atoms with E-state index in [0.717, 1.165) is 47.0 Å². The van der Waals surface area contributed by atoms with E-state index in [9.17, 15) is 9.59 Å². The molecule has 0 atom stereocenters. The van der Waals surface area contributed by atoms with Crippen LogP contribution in [0, 0.1) is 0 Å². The molecule has 1 aliphatic rings. The Balaban J connectivity index is 1.52. The fourth-order valence-corrected chi connectivity index (χ4v) is 5.79. The third-order valence-electron chi connectivity index (χ3n) is 6.11. The molecule has 5 aromatic rings. The number of carbonyl (C=O) groups excluding carboxylic acids is 1. The summed E-state index contributed by atoms with van der Waals surface area (Å²) < 4.78 is 7.29. The molecule has 0 fully saturated rings. The van der Waals surface area contributed by atoms with E-state index < -0.39 is 0 Å². The molecule has 0 unspecified atom stereocenters. The monoisotopic (exact) mass is 440 g/mol. The number of thiophene rings is 1. The predicted octanol–water partition coefficient (Wildman–Crippen LogP) is 5.63. The summed E-state index contributed by atoms with van der Waals surface area (Å²) in [6.07, 6.45) is 4.11. The first-order chi connectivity index (χ1) is 15.7. The van der Waals surface area contributed by atoms with Gasteiger partial charge in [0.25, 0.3) is 5.56 Å². The van der Waals surface area contributed by atoms with E-state index in [0.29, 0.717) is 16.8 Å². The van der Waals surface area contributed by atoms with Gasteiger partial charge in [0.2, 0.25) is 5.78 Å². The molecule has 0 radical (unpaired) electrons. The Kier molecular flexibility index (Phi) is 4.54. The maximum absolute atomic E-state index is 13.7. The Morgan fingerprint density at radius 1 is 1.03 bits per heavy atom. The van der Waals surface area contributed by atoms with Gasteiger partial charge >= 0.3 is 0 Å². The number of Topliss-reactive ketones (excluding diaryl/α,β-unsaturated/α-hetero) is 1. The van der Waals surface area contributed by atoms with Crippen LogP contribution in [0.15, 0.2) is 69.9 Å². The number of fused-ring (bicyclic) bond motifs is 4. The third-order valence-corrected chi connectivity index (χ3v) is 7.29. The maximum Gasteiger partial charge on any atom is 0.263 e. The number of rotatable bonds is 4. The van der Waals surface area contributed by atoms with Crippen molar-refractivity contribution in [2.24, 2.45) is 0 Å². The average molecular weight is 441 g/mol. The molecule has 1 aliphatic carbocycles. The van der Waals surface area contributed by atoms with Crippen molar-refractivity contribution < 1.29 is 9.21 Å². The van der Waals surface area contributed by atoms with Crippen LogP contribution in [0.1, 0.15) is 33.8 Å². The van der Waals surface area contributed by atoms with E-state index >= 15 is 0 Å². The number of hydrogen-bond acceptors (Lipinski definition) is 5. The second kappa shape index (κ2) is 7.57. The molecule has 5 nitrogen and oxygen atoms in total. The fourth-order valence-electron chi connectivity index (χ4n) is 4.53. The van der Waals surface area contributed by atoms with E-state index in [4.69, 9.17) is 9.40 Å². The van der Waals surface area contributed by atoms with E-state index in [-0.39, 0.29) is 23.6 Å². The Bertz CT molecular complexity index is 1510. The molecule has 0 saturated carbocycles. The molecule has 2 aromatic carbocycles. The quantitative estimate of drug-likeness (QED) is 0.340. The van der Waals surface area contributed by atoms with Crippen LogP contribution in [-0.2, 0) is 19.4 Å². The van der Waals surface area contributed by atoms with E-state index in [1.807, 2.05) is 54.6 Å². The molecule has 0 bridgehead atoms. The van der Waals surface area contributed by atoms with Crippen molar-refractivity contribution in [3.05, 3.63) is 87.2 Å². The summed E-state index contributed by atoms with van der Waals surface area (Å²) in [6, 6.07) is 18.8. The van der Waals surface area contributed by atoms with E-state index in [1.54, 1.807) is 17.4 Å². The fraction of sp³-hybridized carbons (Fsp3) is 0.192. The van der Waals surface area contributed by atoms with Gasteiger partial charge in [0, 0.05) is 15.8 Å². The zero-order valence-electron chi connectivity index (χ0n) is 17.3. The number of nitrogens with zero attached hydrogens (tertiary/aromatic N) is 2. The highest BCUT2D eigenvalue weighted by molar-refractivity contribution is 7.18. The normalized spacial score (nSPS) is 13.5. The van der Waals surface area contributed by atoms with Crippen molar-refractivity contribution >= 4 is 38.3 Å². The molecule has 0 spiro atoms. The van der Waals surface area contributed by atoms with Gasteiger partial charge in [-0.3, -0.25) is 14.2 Å². The Labute approximate surface area is 187 Å². The number of aromatic nitrogens is 2. The van der Waals surface area contributed by atoms with Crippen LogP contribution in [-0.4, -0.2) is 15.3 Å². The van der Waals surface area contributed by atoms with Crippen molar-refractivity contribution in [3.63, 3.8) is 0 Å². The van der Waals surface area contributed by atoms with Crippen molar-refractivity contribution in [1.82, 2.24) is 9.55 Å². The molecule has 0 aliphatic heterocycles. The largest absolute Gasteiger partial charge is 0.453 e. The summed E-state index contributed by atoms with van der Waals surface area (Å²) in [7, 11) is 0. The third kappa shape index (κ3) is 3.10. The summed E-state index contributed by atoms with van der Waals surface area (Å²) in [4.78, 5) is 33.9. The van der Waals surface area contributed by atoms with Crippen molar-refractivity contribution in [2.45, 2.75) is 32.2 Å². The number of para-hydroxylation sites is 1. The minimum absolute atomic E-state index is 0.115. The van der Waals surface area contributed by atoms with E-state index in [2.05, 4.69) is 0 Å². The highest BCUT2D eigenvalue weighted by Gasteiger charge is 2.24. The van der Waals surface area contributed by atoms with Crippen LogP contribution in [0.3, 0.4) is 0 Å². The smallest absolute Gasteiger partial charge is 0.263 e. The highest BCUT2D eigenvalue weighted by Crippen LogP contribution is 2.35. The van der Waals surface area contributed by atoms with Gasteiger partial charge in [0.1, 0.15) is 16.2 Å². The molecule has 6 heteroatoms. The second-order valence-electron chi connectivity index (χ2n) is 8.16. The zero-order chi connectivity index (χ0) is 21.7. The molecule has 0 N–H and O–H groups in total. The standard InChI is InChI=1S/C26H20N2O3S/c29-19(21-14-17-10-4-6-12-20(17)31-21)15-28-24(16-8-2-1-3-9-16)27-25-23(26(28)30)18-11-5-7-13-22(18)32-25/h1-4,6,8-10,12,14H,5,7,11,13,15H2. The summed E-state index contributed by atoms with van der Waals surface area (Å²) in [5, 5.41) is 1.55. The average Bonchev–Trinajstić information content (AvgIpc) is 3.43. The van der Waals surface area contributed by atoms with Crippen molar-refractivity contribution in [2.75, 3.05) is 0 Å². The van der Waals surface area contributed by atoms with Crippen LogP contribution >= 0.6 is 11.3 Å². The zero-order valence-corrected chi connectivity index (χ0v) is 18.2. The van der Waals surface area contributed by atoms with Gasteiger partial charge in [0.15, 0.2) is 5.76 Å². The molecule has 6 rings (SSSR count). The summed E-state index contributed by atoms with van der Waals surface area (Å²) in [5.74, 6) is 0.529. The predicted molar refractivity (Wildman–Crippen MR) is 127 cm³/mol. The number of aryl methyl sites for hydroxylation is 2. The lowest BCUT2D eigenvalue weighted by Gasteiger charge is -2.13. The van der Waals surface area contributed by atoms with Crippen molar-refractivity contribution in [3.8, 4) is 11.4 Å². The highest BCUT2D eigenvalue weighted by atomic mass is 32.1. The van der Waals surface area contributed by atoms with Crippen LogP contribution in [0.4, 0.5) is 0 Å². The molecular formula is C26H20N2O3S. The summed E-state index contributed by atoms with van der Waals surface area (Å²) in [5.41, 5.74) is 2.46. The van der Waals surface area contributed by atoms with Gasteiger partial charge in [-0.15, -0.1) is 11.3 Å². The lowest BCUT2D eigenvalue weighted by atomic mass is 9.97. The van der Waals surface area contributed by atoms with Crippen LogP contribution < -0.4 is 5.56 Å². The van der Waals surface area contributed by atoms with Crippen LogP contribution in [0.2, 0.25) is 0 Å². The van der Waals surface area contributed by atoms with Crippen LogP contribution in [0.25, 0.3) is 32.6 Å². The van der Waals surface area contributed by atoms with Crippen LogP contribution in [0.5, 0.6) is 0 Å². The first kappa shape index (κ1) is 19.2. The Hall–Kier alpha value is -3.51. The van der Waals surface area contributed by atoms with Gasteiger partial charge in [0.05, 0.1) is 11.9 Å². The second-order valence-corrected chi connectivity index (χ2v) is 9.24. The van der Waals surface area contributed by atoms with Gasteiger partial charge in [-0.2, -0.15) is 0 Å². The lowest BCUT2D eigenvalue weighted by molar-refractivity contribution is 0.0946. The van der Waals surface area contributed by atoms with E-state index in [1.165, 1.54) is 9.44 Å². The topological polar surface area (TPSA) is 65.1 Å². The Morgan fingerprint density at radius 2 is 1.81 bits per heavy atom. The molecule has 158 valence electrons. The Morgan fingerprint density at radius 3 is 2.66 bits per heavy atom.